The maximum Gasteiger partial charge on any atom is 0.151 e. The van der Waals surface area contributed by atoms with Gasteiger partial charge in [0.2, 0.25) is 0 Å². The Labute approximate surface area is 193 Å². The lowest BCUT2D eigenvalue weighted by Crippen LogP contribution is -2.75. The number of aliphatic hydroxyl groups is 1. The third-order valence-corrected chi connectivity index (χ3v) is 9.21. The van der Waals surface area contributed by atoms with Crippen molar-refractivity contribution in [3.05, 3.63) is 59.7 Å². The fourth-order valence-corrected chi connectivity index (χ4v) is 7.28. The van der Waals surface area contributed by atoms with E-state index in [1.807, 2.05) is 42.5 Å². The maximum absolute atomic E-state index is 13.4. The summed E-state index contributed by atoms with van der Waals surface area (Å²) in [6, 6.07) is 15.2. The summed E-state index contributed by atoms with van der Waals surface area (Å²) < 4.78 is 3.37. The van der Waals surface area contributed by atoms with Gasteiger partial charge in [0.05, 0.1) is 11.6 Å². The Bertz CT molecular complexity index is 1040. The van der Waals surface area contributed by atoms with E-state index >= 15 is 0 Å². The van der Waals surface area contributed by atoms with E-state index in [9.17, 15) is 15.0 Å². The van der Waals surface area contributed by atoms with Gasteiger partial charge in [-0.1, -0.05) is 24.3 Å². The third kappa shape index (κ3) is 3.23. The van der Waals surface area contributed by atoms with Gasteiger partial charge in [0.25, 0.3) is 0 Å². The van der Waals surface area contributed by atoms with Crippen LogP contribution in [0.1, 0.15) is 43.2 Å². The standard InChI is InChI=1S/C26H30N2O3S/c29-19-9-8-18-12-24-26(31)14-22(27-32-20-4-2-1-3-5-20)23(30)15-25(26,21(18)13-19)10-11-28(24)16-17-6-7-17/h1-5,8-9,13,17,22,24,27,29,31H,6-7,10-12,14-16H2/t22?,24-,25-,26-/m1/s1. The smallest absolute Gasteiger partial charge is 0.151 e. The molecule has 1 aliphatic heterocycles. The van der Waals surface area contributed by atoms with Gasteiger partial charge in [-0.15, -0.1) is 0 Å². The van der Waals surface area contributed by atoms with Crippen LogP contribution in [-0.4, -0.2) is 51.7 Å². The van der Waals surface area contributed by atoms with Gasteiger partial charge in [0, 0.05) is 35.7 Å². The molecule has 2 bridgehead atoms. The molecule has 4 aliphatic rings. The number of ketones is 1. The minimum atomic E-state index is -0.996. The first-order valence-corrected chi connectivity index (χ1v) is 12.6. The van der Waals surface area contributed by atoms with Crippen molar-refractivity contribution in [1.82, 2.24) is 9.62 Å². The molecule has 1 unspecified atom stereocenters. The number of rotatable bonds is 5. The van der Waals surface area contributed by atoms with E-state index in [0.717, 1.165) is 42.3 Å². The average Bonchev–Trinajstić information content (AvgIpc) is 3.60. The van der Waals surface area contributed by atoms with Crippen molar-refractivity contribution in [2.24, 2.45) is 5.92 Å². The van der Waals surface area contributed by atoms with E-state index in [2.05, 4.69) is 9.62 Å². The van der Waals surface area contributed by atoms with Crippen LogP contribution in [0.25, 0.3) is 0 Å². The second-order valence-corrected chi connectivity index (χ2v) is 11.1. The molecule has 6 heteroatoms. The van der Waals surface area contributed by atoms with E-state index in [4.69, 9.17) is 0 Å². The highest BCUT2D eigenvalue weighted by Crippen LogP contribution is 2.58. The Kier molecular flexibility index (Phi) is 4.92. The van der Waals surface area contributed by atoms with Crippen LogP contribution >= 0.6 is 11.9 Å². The number of piperidine rings is 1. The molecule has 0 amide bonds. The summed E-state index contributed by atoms with van der Waals surface area (Å²) in [5.41, 5.74) is 0.557. The Hall–Kier alpha value is -1.86. The number of nitrogens with zero attached hydrogens (tertiary/aromatic N) is 1. The first kappa shape index (κ1) is 20.7. The highest BCUT2D eigenvalue weighted by molar-refractivity contribution is 7.97. The van der Waals surface area contributed by atoms with E-state index in [0.29, 0.717) is 12.8 Å². The molecule has 0 aromatic heterocycles. The summed E-state index contributed by atoms with van der Waals surface area (Å²) in [7, 11) is 0. The van der Waals surface area contributed by atoms with Crippen molar-refractivity contribution < 1.29 is 15.0 Å². The average molecular weight is 451 g/mol. The van der Waals surface area contributed by atoms with Crippen molar-refractivity contribution in [3.8, 4) is 5.75 Å². The van der Waals surface area contributed by atoms with Crippen molar-refractivity contribution in [2.45, 2.75) is 66.5 Å². The minimum absolute atomic E-state index is 0.00742. The number of carbonyl (C=O) groups excluding carboxylic acids is 1. The second kappa shape index (κ2) is 7.59. The van der Waals surface area contributed by atoms with Gasteiger partial charge < -0.3 is 10.2 Å². The highest BCUT2D eigenvalue weighted by atomic mass is 32.2. The fraction of sp³-hybridized carbons (Fsp3) is 0.500. The number of likely N-dealkylation sites (tertiary alicyclic amines) is 1. The predicted octanol–water partition coefficient (Wildman–Crippen LogP) is 3.43. The SMILES string of the molecule is O=C1C[C@]23CCN(CC4CC4)[C@H](Cc4ccc(O)cc42)[C@]3(O)CC1NSc1ccccc1. The van der Waals surface area contributed by atoms with Crippen LogP contribution in [0.2, 0.25) is 0 Å². The molecule has 3 fully saturated rings. The summed E-state index contributed by atoms with van der Waals surface area (Å²) >= 11 is 1.47. The molecule has 3 aliphatic carbocycles. The van der Waals surface area contributed by atoms with Crippen LogP contribution in [0.15, 0.2) is 53.4 Å². The highest BCUT2D eigenvalue weighted by Gasteiger charge is 2.66. The molecule has 168 valence electrons. The van der Waals surface area contributed by atoms with Crippen LogP contribution < -0.4 is 4.72 Å². The number of nitrogens with one attached hydrogen (secondary N) is 1. The van der Waals surface area contributed by atoms with Crippen LogP contribution in [-0.2, 0) is 16.6 Å². The molecule has 32 heavy (non-hydrogen) atoms. The lowest BCUT2D eigenvalue weighted by molar-refractivity contribution is -0.176. The Morgan fingerprint density at radius 1 is 1.16 bits per heavy atom. The zero-order valence-corrected chi connectivity index (χ0v) is 19.0. The Morgan fingerprint density at radius 3 is 2.75 bits per heavy atom. The molecule has 2 saturated carbocycles. The fourth-order valence-electron chi connectivity index (χ4n) is 6.49. The molecule has 1 heterocycles. The van der Waals surface area contributed by atoms with Gasteiger partial charge in [-0.2, -0.15) is 0 Å². The Morgan fingerprint density at radius 2 is 1.97 bits per heavy atom. The van der Waals surface area contributed by atoms with Gasteiger partial charge in [0.15, 0.2) is 5.78 Å². The van der Waals surface area contributed by atoms with Crippen molar-refractivity contribution >= 4 is 17.7 Å². The molecule has 3 N–H and O–H groups in total. The summed E-state index contributed by atoms with van der Waals surface area (Å²) in [4.78, 5) is 17.0. The molecule has 2 aromatic carbocycles. The number of carbonyl (C=O) groups is 1. The molecule has 4 atom stereocenters. The molecule has 5 nitrogen and oxygen atoms in total. The first-order valence-electron chi connectivity index (χ1n) is 11.8. The normalized spacial score (nSPS) is 34.1. The molecule has 0 radical (unpaired) electrons. The number of aromatic hydroxyl groups is 1. The monoisotopic (exact) mass is 450 g/mol. The van der Waals surface area contributed by atoms with Crippen molar-refractivity contribution in [3.63, 3.8) is 0 Å². The van der Waals surface area contributed by atoms with E-state index in [1.165, 1.54) is 30.4 Å². The summed E-state index contributed by atoms with van der Waals surface area (Å²) in [5.74, 6) is 1.12. The van der Waals surface area contributed by atoms with E-state index in [-0.39, 0.29) is 23.6 Å². The van der Waals surface area contributed by atoms with Gasteiger partial charge in [-0.25, -0.2) is 4.72 Å². The van der Waals surface area contributed by atoms with Crippen molar-refractivity contribution in [2.75, 3.05) is 13.1 Å². The lowest BCUT2D eigenvalue weighted by Gasteiger charge is -2.64. The number of hydrogen-bond acceptors (Lipinski definition) is 6. The summed E-state index contributed by atoms with van der Waals surface area (Å²) in [6.07, 6.45) is 4.83. The molecular weight excluding hydrogens is 420 g/mol. The number of benzene rings is 2. The quantitative estimate of drug-likeness (QED) is 0.606. The van der Waals surface area contributed by atoms with E-state index < -0.39 is 11.0 Å². The molecule has 2 aromatic rings. The number of phenolic OH excluding ortho intramolecular Hbond substituents is 1. The van der Waals surface area contributed by atoms with Gasteiger partial charge >= 0.3 is 0 Å². The topological polar surface area (TPSA) is 72.8 Å². The molecular formula is C26H30N2O3S. The zero-order valence-electron chi connectivity index (χ0n) is 18.2. The Balaban J connectivity index is 1.36. The van der Waals surface area contributed by atoms with Crippen molar-refractivity contribution in [1.29, 1.82) is 0 Å². The van der Waals surface area contributed by atoms with Gasteiger partial charge in [-0.3, -0.25) is 9.69 Å². The largest absolute Gasteiger partial charge is 0.508 e. The van der Waals surface area contributed by atoms with Crippen LogP contribution in [0.3, 0.4) is 0 Å². The zero-order chi connectivity index (χ0) is 21.9. The molecule has 1 saturated heterocycles. The third-order valence-electron chi connectivity index (χ3n) is 8.30. The number of Topliss-reactive ketones (excluding diaryl/α,β-unsaturated/α-hetero) is 1. The van der Waals surface area contributed by atoms with E-state index in [1.54, 1.807) is 6.07 Å². The van der Waals surface area contributed by atoms with Crippen LogP contribution in [0.5, 0.6) is 5.75 Å². The number of phenols is 1. The number of fused-ring (bicyclic) bond motifs is 1. The van der Waals surface area contributed by atoms with Crippen LogP contribution in [0.4, 0.5) is 0 Å². The number of hydrogen-bond donors (Lipinski definition) is 3. The minimum Gasteiger partial charge on any atom is -0.508 e. The predicted molar refractivity (Wildman–Crippen MR) is 125 cm³/mol. The summed E-state index contributed by atoms with van der Waals surface area (Å²) in [6.45, 7) is 1.95. The summed E-state index contributed by atoms with van der Waals surface area (Å²) in [5, 5.41) is 22.7. The van der Waals surface area contributed by atoms with Gasteiger partial charge in [0.1, 0.15) is 5.75 Å². The maximum atomic E-state index is 13.4. The second-order valence-electron chi connectivity index (χ2n) is 10.2. The lowest BCUT2D eigenvalue weighted by atomic mass is 9.48. The van der Waals surface area contributed by atoms with Gasteiger partial charge in [-0.05, 0) is 85.5 Å². The first-order chi connectivity index (χ1) is 15.5. The molecule has 6 rings (SSSR count). The molecule has 0 spiro atoms. The van der Waals surface area contributed by atoms with Crippen LogP contribution in [0, 0.1) is 5.92 Å².